The summed E-state index contributed by atoms with van der Waals surface area (Å²) in [6.07, 6.45) is 7.64. The summed E-state index contributed by atoms with van der Waals surface area (Å²) < 4.78 is 5.15. The van der Waals surface area contributed by atoms with Gasteiger partial charge in [-0.25, -0.2) is 0 Å². The van der Waals surface area contributed by atoms with E-state index < -0.39 is 0 Å². The Labute approximate surface area is 114 Å². The second-order valence-electron chi connectivity index (χ2n) is 5.15. The van der Waals surface area contributed by atoms with Gasteiger partial charge in [-0.05, 0) is 19.3 Å². The summed E-state index contributed by atoms with van der Waals surface area (Å²) >= 11 is 0. The SMILES string of the molecule is CCCc1noc(CCC(=O)N2CCCCCC2)n1. The first-order valence-corrected chi connectivity index (χ1v) is 7.39. The molecule has 2 heterocycles. The van der Waals surface area contributed by atoms with E-state index in [-0.39, 0.29) is 5.91 Å². The van der Waals surface area contributed by atoms with Crippen LogP contribution < -0.4 is 0 Å². The number of amides is 1. The Kier molecular flexibility index (Phi) is 5.36. The minimum Gasteiger partial charge on any atom is -0.343 e. The Morgan fingerprint density at radius 1 is 1.21 bits per heavy atom. The van der Waals surface area contributed by atoms with Gasteiger partial charge in [-0.3, -0.25) is 4.79 Å². The van der Waals surface area contributed by atoms with Gasteiger partial charge < -0.3 is 9.42 Å². The molecule has 0 unspecified atom stereocenters. The summed E-state index contributed by atoms with van der Waals surface area (Å²) in [7, 11) is 0. The molecule has 1 amide bonds. The highest BCUT2D eigenvalue weighted by Crippen LogP contribution is 2.12. The molecule has 0 aliphatic carbocycles. The van der Waals surface area contributed by atoms with Gasteiger partial charge in [-0.1, -0.05) is 24.9 Å². The lowest BCUT2D eigenvalue weighted by Crippen LogP contribution is -2.31. The molecule has 1 saturated heterocycles. The standard InChI is InChI=1S/C14H23N3O2/c1-2-7-12-15-13(19-16-12)8-9-14(18)17-10-5-3-4-6-11-17/h2-11H2,1H3. The van der Waals surface area contributed by atoms with Crippen LogP contribution in [0.15, 0.2) is 4.52 Å². The maximum atomic E-state index is 12.1. The van der Waals surface area contributed by atoms with Crippen molar-refractivity contribution >= 4 is 5.91 Å². The molecule has 106 valence electrons. The maximum Gasteiger partial charge on any atom is 0.227 e. The summed E-state index contributed by atoms with van der Waals surface area (Å²) in [5.41, 5.74) is 0. The number of carbonyl (C=O) groups is 1. The molecule has 5 nitrogen and oxygen atoms in total. The van der Waals surface area contributed by atoms with E-state index in [1.54, 1.807) is 0 Å². The summed E-state index contributed by atoms with van der Waals surface area (Å²) in [6.45, 7) is 3.90. The largest absolute Gasteiger partial charge is 0.343 e. The van der Waals surface area contributed by atoms with Crippen LogP contribution in [0.5, 0.6) is 0 Å². The lowest BCUT2D eigenvalue weighted by molar-refractivity contribution is -0.131. The molecule has 0 atom stereocenters. The topological polar surface area (TPSA) is 59.2 Å². The molecule has 19 heavy (non-hydrogen) atoms. The van der Waals surface area contributed by atoms with Gasteiger partial charge in [0.25, 0.3) is 0 Å². The number of nitrogens with zero attached hydrogens (tertiary/aromatic N) is 3. The Bertz CT molecular complexity index is 395. The molecule has 0 bridgehead atoms. The molecule has 1 aromatic rings. The first-order chi connectivity index (χ1) is 9.29. The highest BCUT2D eigenvalue weighted by atomic mass is 16.5. The normalized spacial score (nSPS) is 16.4. The summed E-state index contributed by atoms with van der Waals surface area (Å²) in [5.74, 6) is 1.56. The highest BCUT2D eigenvalue weighted by Gasteiger charge is 2.16. The third-order valence-electron chi connectivity index (χ3n) is 3.50. The van der Waals surface area contributed by atoms with Gasteiger partial charge in [0.2, 0.25) is 11.8 Å². The van der Waals surface area contributed by atoms with Crippen molar-refractivity contribution < 1.29 is 9.32 Å². The average Bonchev–Trinajstić information content (AvgIpc) is 2.69. The van der Waals surface area contributed by atoms with Crippen LogP contribution in [0.3, 0.4) is 0 Å². The van der Waals surface area contributed by atoms with Crippen molar-refractivity contribution in [2.24, 2.45) is 0 Å². The number of rotatable bonds is 5. The lowest BCUT2D eigenvalue weighted by atomic mass is 10.2. The van der Waals surface area contributed by atoms with E-state index in [4.69, 9.17) is 4.52 Å². The molecule has 0 aromatic carbocycles. The smallest absolute Gasteiger partial charge is 0.227 e. The summed E-state index contributed by atoms with van der Waals surface area (Å²) in [6, 6.07) is 0. The molecule has 0 spiro atoms. The van der Waals surface area contributed by atoms with Crippen LogP contribution in [0, 0.1) is 0 Å². The summed E-state index contributed by atoms with van der Waals surface area (Å²) in [4.78, 5) is 18.4. The van der Waals surface area contributed by atoms with Gasteiger partial charge >= 0.3 is 0 Å². The third-order valence-corrected chi connectivity index (χ3v) is 3.50. The van der Waals surface area contributed by atoms with Crippen molar-refractivity contribution in [1.82, 2.24) is 15.0 Å². The van der Waals surface area contributed by atoms with Crippen molar-refractivity contribution in [3.63, 3.8) is 0 Å². The third kappa shape index (κ3) is 4.33. The van der Waals surface area contributed by atoms with E-state index in [1.165, 1.54) is 12.8 Å². The van der Waals surface area contributed by atoms with E-state index in [0.29, 0.717) is 18.7 Å². The predicted molar refractivity (Wildman–Crippen MR) is 71.7 cm³/mol. The number of carbonyl (C=O) groups excluding carboxylic acids is 1. The minimum atomic E-state index is 0.220. The van der Waals surface area contributed by atoms with Gasteiger partial charge in [0.15, 0.2) is 5.82 Å². The molecule has 0 N–H and O–H groups in total. The average molecular weight is 265 g/mol. The quantitative estimate of drug-likeness (QED) is 0.820. The van der Waals surface area contributed by atoms with Crippen LogP contribution in [-0.2, 0) is 17.6 Å². The molecule has 1 aliphatic heterocycles. The predicted octanol–water partition coefficient (Wildman–Crippen LogP) is 2.36. The summed E-state index contributed by atoms with van der Waals surface area (Å²) in [5, 5.41) is 3.90. The Morgan fingerprint density at radius 3 is 2.63 bits per heavy atom. The Balaban J connectivity index is 1.78. The van der Waals surface area contributed by atoms with Crippen LogP contribution in [-0.4, -0.2) is 34.0 Å². The molecule has 0 radical (unpaired) electrons. The van der Waals surface area contributed by atoms with E-state index in [2.05, 4.69) is 17.1 Å². The Morgan fingerprint density at radius 2 is 1.95 bits per heavy atom. The van der Waals surface area contributed by atoms with E-state index in [1.807, 2.05) is 4.90 Å². The number of aromatic nitrogens is 2. The van der Waals surface area contributed by atoms with Gasteiger partial charge in [0, 0.05) is 32.4 Å². The molecule has 2 rings (SSSR count). The first-order valence-electron chi connectivity index (χ1n) is 7.39. The number of hydrogen-bond acceptors (Lipinski definition) is 4. The first kappa shape index (κ1) is 14.0. The maximum absolute atomic E-state index is 12.1. The van der Waals surface area contributed by atoms with E-state index >= 15 is 0 Å². The highest BCUT2D eigenvalue weighted by molar-refractivity contribution is 5.76. The second kappa shape index (κ2) is 7.26. The van der Waals surface area contributed by atoms with Crippen molar-refractivity contribution in [3.8, 4) is 0 Å². The van der Waals surface area contributed by atoms with Crippen molar-refractivity contribution in [3.05, 3.63) is 11.7 Å². The molecule has 1 aliphatic rings. The van der Waals surface area contributed by atoms with Crippen LogP contribution in [0.1, 0.15) is 57.2 Å². The van der Waals surface area contributed by atoms with Crippen molar-refractivity contribution in [1.29, 1.82) is 0 Å². The number of aryl methyl sites for hydroxylation is 2. The Hall–Kier alpha value is -1.39. The van der Waals surface area contributed by atoms with Crippen LogP contribution in [0.2, 0.25) is 0 Å². The fourth-order valence-corrected chi connectivity index (χ4v) is 2.41. The number of hydrogen-bond donors (Lipinski definition) is 0. The monoisotopic (exact) mass is 265 g/mol. The zero-order chi connectivity index (χ0) is 13.5. The van der Waals surface area contributed by atoms with E-state index in [0.717, 1.165) is 44.6 Å². The van der Waals surface area contributed by atoms with E-state index in [9.17, 15) is 4.79 Å². The zero-order valence-electron chi connectivity index (χ0n) is 11.7. The fourth-order valence-electron chi connectivity index (χ4n) is 2.41. The van der Waals surface area contributed by atoms with Crippen molar-refractivity contribution in [2.75, 3.05) is 13.1 Å². The van der Waals surface area contributed by atoms with Crippen LogP contribution in [0.4, 0.5) is 0 Å². The van der Waals surface area contributed by atoms with Gasteiger partial charge in [0.05, 0.1) is 0 Å². The molecular weight excluding hydrogens is 242 g/mol. The fraction of sp³-hybridized carbons (Fsp3) is 0.786. The molecular formula is C14H23N3O2. The van der Waals surface area contributed by atoms with Crippen LogP contribution in [0.25, 0.3) is 0 Å². The molecule has 1 aromatic heterocycles. The lowest BCUT2D eigenvalue weighted by Gasteiger charge is -2.19. The van der Waals surface area contributed by atoms with Gasteiger partial charge in [0.1, 0.15) is 0 Å². The molecule has 0 saturated carbocycles. The molecule has 1 fully saturated rings. The van der Waals surface area contributed by atoms with Gasteiger partial charge in [-0.2, -0.15) is 4.98 Å². The minimum absolute atomic E-state index is 0.220. The van der Waals surface area contributed by atoms with Crippen LogP contribution >= 0.6 is 0 Å². The zero-order valence-corrected chi connectivity index (χ0v) is 11.7. The van der Waals surface area contributed by atoms with Crippen molar-refractivity contribution in [2.45, 2.75) is 58.3 Å². The molecule has 5 heteroatoms. The number of likely N-dealkylation sites (tertiary alicyclic amines) is 1. The second-order valence-corrected chi connectivity index (χ2v) is 5.15. The van der Waals surface area contributed by atoms with Gasteiger partial charge in [-0.15, -0.1) is 0 Å².